The molecular weight excluding hydrogens is 250 g/mol. The van der Waals surface area contributed by atoms with Crippen molar-refractivity contribution < 1.29 is 0 Å². The van der Waals surface area contributed by atoms with E-state index in [-0.39, 0.29) is 0 Å². The highest BCUT2D eigenvalue weighted by atomic mass is 32.2. The van der Waals surface area contributed by atoms with E-state index in [1.165, 1.54) is 21.6 Å². The zero-order valence-electron chi connectivity index (χ0n) is 11.8. The van der Waals surface area contributed by atoms with E-state index in [2.05, 4.69) is 51.1 Å². The number of hydrogen-bond acceptors (Lipinski definition) is 2. The lowest BCUT2D eigenvalue weighted by atomic mass is 10.0. The molecule has 19 heavy (non-hydrogen) atoms. The minimum absolute atomic E-state index is 0.593. The third kappa shape index (κ3) is 3.54. The molecule has 2 heteroatoms. The molecule has 0 aliphatic heterocycles. The molecule has 0 aliphatic rings. The summed E-state index contributed by atoms with van der Waals surface area (Å²) in [5.41, 5.74) is 10.7. The average Bonchev–Trinajstić information content (AvgIpc) is 2.41. The van der Waals surface area contributed by atoms with Crippen molar-refractivity contribution in [2.45, 2.75) is 37.3 Å². The van der Waals surface area contributed by atoms with Gasteiger partial charge in [-0.3, -0.25) is 0 Å². The average molecular weight is 271 g/mol. The van der Waals surface area contributed by atoms with Crippen molar-refractivity contribution in [2.75, 3.05) is 5.73 Å². The molecule has 0 heterocycles. The number of thioether (sulfide) groups is 1. The van der Waals surface area contributed by atoms with Gasteiger partial charge in [0, 0.05) is 16.3 Å². The van der Waals surface area contributed by atoms with Crippen LogP contribution in [0.4, 0.5) is 5.69 Å². The van der Waals surface area contributed by atoms with E-state index in [0.29, 0.717) is 5.92 Å². The maximum absolute atomic E-state index is 5.93. The number of rotatable bonds is 4. The van der Waals surface area contributed by atoms with Crippen LogP contribution < -0.4 is 5.73 Å². The summed E-state index contributed by atoms with van der Waals surface area (Å²) in [6.07, 6.45) is 0. The molecule has 0 bridgehead atoms. The predicted octanol–water partition coefficient (Wildman–Crippen LogP) is 4.99. The Morgan fingerprint density at radius 3 is 2.37 bits per heavy atom. The topological polar surface area (TPSA) is 26.0 Å². The molecule has 0 aliphatic carbocycles. The van der Waals surface area contributed by atoms with E-state index in [4.69, 9.17) is 5.73 Å². The summed E-state index contributed by atoms with van der Waals surface area (Å²) in [7, 11) is 0. The largest absolute Gasteiger partial charge is 0.399 e. The molecule has 100 valence electrons. The highest BCUT2D eigenvalue weighted by Crippen LogP contribution is 2.27. The first-order valence-electron chi connectivity index (χ1n) is 6.64. The molecule has 2 rings (SSSR count). The Labute approximate surface area is 120 Å². The fraction of sp³-hybridized carbons (Fsp3) is 0.294. The van der Waals surface area contributed by atoms with Gasteiger partial charge in [0.2, 0.25) is 0 Å². The van der Waals surface area contributed by atoms with E-state index in [1.54, 1.807) is 0 Å². The minimum Gasteiger partial charge on any atom is -0.399 e. The van der Waals surface area contributed by atoms with Crippen molar-refractivity contribution in [1.29, 1.82) is 0 Å². The molecule has 2 aromatic rings. The van der Waals surface area contributed by atoms with Crippen LogP contribution >= 0.6 is 11.8 Å². The Bertz CT molecular complexity index is 544. The second-order valence-electron chi connectivity index (χ2n) is 5.14. The lowest BCUT2D eigenvalue weighted by Crippen LogP contribution is -1.94. The molecular formula is C17H21NS. The molecule has 0 unspecified atom stereocenters. The highest BCUT2D eigenvalue weighted by molar-refractivity contribution is 7.98. The van der Waals surface area contributed by atoms with Crippen LogP contribution in [0, 0.1) is 6.92 Å². The van der Waals surface area contributed by atoms with E-state index < -0.39 is 0 Å². The smallest absolute Gasteiger partial charge is 0.0346 e. The van der Waals surface area contributed by atoms with Gasteiger partial charge in [-0.15, -0.1) is 11.8 Å². The number of nitrogen functional groups attached to an aromatic ring is 1. The molecule has 0 radical (unpaired) electrons. The van der Waals surface area contributed by atoms with Gasteiger partial charge in [0.15, 0.2) is 0 Å². The van der Waals surface area contributed by atoms with Crippen LogP contribution in [0.3, 0.4) is 0 Å². The zero-order valence-corrected chi connectivity index (χ0v) is 12.6. The van der Waals surface area contributed by atoms with Crippen molar-refractivity contribution in [3.05, 3.63) is 59.2 Å². The summed E-state index contributed by atoms with van der Waals surface area (Å²) in [6.45, 7) is 6.53. The normalized spacial score (nSPS) is 10.9. The number of anilines is 1. The highest BCUT2D eigenvalue weighted by Gasteiger charge is 2.03. The van der Waals surface area contributed by atoms with E-state index >= 15 is 0 Å². The fourth-order valence-electron chi connectivity index (χ4n) is 1.97. The molecule has 2 aromatic carbocycles. The van der Waals surface area contributed by atoms with Crippen LogP contribution in [0.5, 0.6) is 0 Å². The van der Waals surface area contributed by atoms with Crippen LogP contribution in [0.1, 0.15) is 36.5 Å². The molecule has 0 fully saturated rings. The number of nitrogens with two attached hydrogens (primary N) is 1. The van der Waals surface area contributed by atoms with Crippen molar-refractivity contribution in [2.24, 2.45) is 0 Å². The molecule has 0 atom stereocenters. The second kappa shape index (κ2) is 6.16. The SMILES string of the molecule is Cc1c(N)cccc1CSc1ccc(C(C)C)cc1. The number of hydrogen-bond donors (Lipinski definition) is 1. The van der Waals surface area contributed by atoms with Gasteiger partial charge in [-0.1, -0.05) is 38.1 Å². The third-order valence-electron chi connectivity index (χ3n) is 3.43. The molecule has 0 aromatic heterocycles. The Morgan fingerprint density at radius 2 is 1.74 bits per heavy atom. The first kappa shape index (κ1) is 14.0. The minimum atomic E-state index is 0.593. The van der Waals surface area contributed by atoms with Gasteiger partial charge in [0.25, 0.3) is 0 Å². The maximum atomic E-state index is 5.93. The van der Waals surface area contributed by atoms with Crippen LogP contribution in [-0.2, 0) is 5.75 Å². The molecule has 0 amide bonds. The van der Waals surface area contributed by atoms with Crippen molar-refractivity contribution >= 4 is 17.4 Å². The maximum Gasteiger partial charge on any atom is 0.0346 e. The van der Waals surface area contributed by atoms with Crippen LogP contribution in [-0.4, -0.2) is 0 Å². The van der Waals surface area contributed by atoms with Crippen LogP contribution in [0.2, 0.25) is 0 Å². The lowest BCUT2D eigenvalue weighted by Gasteiger charge is -2.09. The second-order valence-corrected chi connectivity index (χ2v) is 6.19. The summed E-state index contributed by atoms with van der Waals surface area (Å²) in [6, 6.07) is 15.0. The van der Waals surface area contributed by atoms with Gasteiger partial charge in [-0.05, 0) is 47.7 Å². The van der Waals surface area contributed by atoms with Gasteiger partial charge >= 0.3 is 0 Å². The summed E-state index contributed by atoms with van der Waals surface area (Å²) in [5, 5.41) is 0. The standard InChI is InChI=1S/C17H21NS/c1-12(2)14-7-9-16(10-8-14)19-11-15-5-4-6-17(18)13(15)3/h4-10,12H,11,18H2,1-3H3. The van der Waals surface area contributed by atoms with Gasteiger partial charge in [-0.25, -0.2) is 0 Å². The van der Waals surface area contributed by atoms with E-state index in [9.17, 15) is 0 Å². The van der Waals surface area contributed by atoms with E-state index in [0.717, 1.165) is 11.4 Å². The summed E-state index contributed by atoms with van der Waals surface area (Å²) >= 11 is 1.86. The monoisotopic (exact) mass is 271 g/mol. The Balaban J connectivity index is 2.04. The summed E-state index contributed by atoms with van der Waals surface area (Å²) < 4.78 is 0. The van der Waals surface area contributed by atoms with E-state index in [1.807, 2.05) is 23.9 Å². The van der Waals surface area contributed by atoms with Crippen LogP contribution in [0.15, 0.2) is 47.4 Å². The molecule has 0 saturated carbocycles. The Hall–Kier alpha value is -1.41. The predicted molar refractivity (Wildman–Crippen MR) is 85.7 cm³/mol. The lowest BCUT2D eigenvalue weighted by molar-refractivity contribution is 0.865. The van der Waals surface area contributed by atoms with Crippen LogP contribution in [0.25, 0.3) is 0 Å². The van der Waals surface area contributed by atoms with Crippen molar-refractivity contribution in [3.8, 4) is 0 Å². The first-order chi connectivity index (χ1) is 9.08. The molecule has 1 nitrogen and oxygen atoms in total. The third-order valence-corrected chi connectivity index (χ3v) is 4.49. The van der Waals surface area contributed by atoms with Gasteiger partial charge in [0.1, 0.15) is 0 Å². The molecule has 2 N–H and O–H groups in total. The van der Waals surface area contributed by atoms with Crippen molar-refractivity contribution in [1.82, 2.24) is 0 Å². The fourth-order valence-corrected chi connectivity index (χ4v) is 2.93. The Kier molecular flexibility index (Phi) is 4.54. The van der Waals surface area contributed by atoms with Gasteiger partial charge in [0.05, 0.1) is 0 Å². The first-order valence-corrected chi connectivity index (χ1v) is 7.63. The quantitative estimate of drug-likeness (QED) is 0.626. The van der Waals surface area contributed by atoms with Gasteiger partial charge in [-0.2, -0.15) is 0 Å². The zero-order chi connectivity index (χ0) is 13.8. The summed E-state index contributed by atoms with van der Waals surface area (Å²) in [4.78, 5) is 1.31. The van der Waals surface area contributed by atoms with Gasteiger partial charge < -0.3 is 5.73 Å². The molecule has 0 spiro atoms. The molecule has 0 saturated heterocycles. The Morgan fingerprint density at radius 1 is 1.05 bits per heavy atom. The summed E-state index contributed by atoms with van der Waals surface area (Å²) in [5.74, 6) is 1.56. The number of benzene rings is 2. The van der Waals surface area contributed by atoms with Crippen molar-refractivity contribution in [3.63, 3.8) is 0 Å².